The number of benzene rings is 1. The summed E-state index contributed by atoms with van der Waals surface area (Å²) in [6, 6.07) is 11.5. The molecule has 1 aliphatic rings. The number of furan rings is 1. The van der Waals surface area contributed by atoms with E-state index >= 15 is 0 Å². The minimum absolute atomic E-state index is 0.0466. The first-order valence-corrected chi connectivity index (χ1v) is 10.1. The van der Waals surface area contributed by atoms with Gasteiger partial charge in [-0.05, 0) is 41.8 Å². The maximum absolute atomic E-state index is 13.3. The number of urea groups is 1. The summed E-state index contributed by atoms with van der Waals surface area (Å²) in [5.74, 6) is -0.211. The molecule has 1 aromatic carbocycles. The van der Waals surface area contributed by atoms with Gasteiger partial charge in [0, 0.05) is 11.1 Å². The molecular formula is C22H14N4O4S. The van der Waals surface area contributed by atoms with Gasteiger partial charge in [-0.2, -0.15) is 0 Å². The molecule has 5 rings (SSSR count). The fourth-order valence-electron chi connectivity index (χ4n) is 3.37. The van der Waals surface area contributed by atoms with Crippen molar-refractivity contribution in [1.82, 2.24) is 9.97 Å². The van der Waals surface area contributed by atoms with Gasteiger partial charge < -0.3 is 14.8 Å². The van der Waals surface area contributed by atoms with Crippen molar-refractivity contribution in [3.8, 4) is 11.3 Å². The van der Waals surface area contributed by atoms with Crippen LogP contribution in [0.5, 0.6) is 0 Å². The molecule has 0 radical (unpaired) electrons. The molecule has 0 saturated heterocycles. The number of hydrogen-bond donors (Lipinski definition) is 2. The van der Waals surface area contributed by atoms with Crippen LogP contribution in [0.3, 0.4) is 0 Å². The zero-order chi connectivity index (χ0) is 21.4. The summed E-state index contributed by atoms with van der Waals surface area (Å²) in [6.07, 6.45) is 5.73. The second-order valence-electron chi connectivity index (χ2n) is 6.61. The van der Waals surface area contributed by atoms with Gasteiger partial charge in [-0.15, -0.1) is 11.3 Å². The van der Waals surface area contributed by atoms with Crippen LogP contribution in [0.2, 0.25) is 0 Å². The molecule has 0 bridgehead atoms. The highest BCUT2D eigenvalue weighted by atomic mass is 32.1. The zero-order valence-corrected chi connectivity index (χ0v) is 16.7. The number of fused-ring (bicyclic) bond motifs is 1. The number of aliphatic hydroxyl groups is 1. The molecule has 2 N–H and O–H groups in total. The van der Waals surface area contributed by atoms with Crippen LogP contribution < -0.4 is 10.2 Å². The zero-order valence-electron chi connectivity index (χ0n) is 15.9. The summed E-state index contributed by atoms with van der Waals surface area (Å²) >= 11 is 1.29. The normalized spacial score (nSPS) is 14.5. The predicted octanol–water partition coefficient (Wildman–Crippen LogP) is 4.80. The number of amides is 3. The van der Waals surface area contributed by atoms with E-state index in [0.29, 0.717) is 33.1 Å². The third-order valence-corrected chi connectivity index (χ3v) is 5.61. The largest absolute Gasteiger partial charge is 0.506 e. The number of nitrogens with zero attached hydrogens (tertiary/aromatic N) is 3. The number of carbonyl (C=O) groups excluding carboxylic acids is 2. The monoisotopic (exact) mass is 430 g/mol. The van der Waals surface area contributed by atoms with E-state index in [1.165, 1.54) is 30.1 Å². The lowest BCUT2D eigenvalue weighted by atomic mass is 10.0. The fourth-order valence-corrected chi connectivity index (χ4v) is 4.05. The number of anilines is 2. The molecule has 4 heterocycles. The van der Waals surface area contributed by atoms with Gasteiger partial charge in [-0.3, -0.25) is 4.79 Å². The summed E-state index contributed by atoms with van der Waals surface area (Å²) in [5, 5.41) is 15.3. The van der Waals surface area contributed by atoms with Crippen LogP contribution in [0.1, 0.15) is 10.4 Å². The number of aromatic nitrogens is 2. The van der Waals surface area contributed by atoms with Gasteiger partial charge in [-0.1, -0.05) is 6.07 Å². The lowest BCUT2D eigenvalue weighted by molar-refractivity contribution is -0.112. The second-order valence-corrected chi connectivity index (χ2v) is 7.56. The van der Waals surface area contributed by atoms with Crippen molar-refractivity contribution in [1.29, 1.82) is 0 Å². The van der Waals surface area contributed by atoms with Crippen LogP contribution in [0.4, 0.5) is 16.2 Å². The van der Waals surface area contributed by atoms with Gasteiger partial charge >= 0.3 is 6.03 Å². The van der Waals surface area contributed by atoms with E-state index < -0.39 is 11.9 Å². The molecule has 0 aliphatic carbocycles. The summed E-state index contributed by atoms with van der Waals surface area (Å²) in [7, 11) is 0. The summed E-state index contributed by atoms with van der Waals surface area (Å²) in [4.78, 5) is 35.5. The van der Waals surface area contributed by atoms with Crippen LogP contribution in [0, 0.1) is 0 Å². The Morgan fingerprint density at radius 1 is 1.13 bits per heavy atom. The Labute approximate surface area is 180 Å². The van der Waals surface area contributed by atoms with E-state index in [1.807, 2.05) is 0 Å². The summed E-state index contributed by atoms with van der Waals surface area (Å²) in [5.41, 5.74) is 1.89. The number of hydrogen-bond acceptors (Lipinski definition) is 7. The van der Waals surface area contributed by atoms with Gasteiger partial charge in [0.15, 0.2) is 0 Å². The van der Waals surface area contributed by atoms with E-state index in [0.717, 1.165) is 4.90 Å². The molecule has 152 valence electrons. The smallest absolute Gasteiger partial charge is 0.333 e. The Bertz CT molecular complexity index is 1300. The molecule has 3 amide bonds. The molecule has 8 nitrogen and oxygen atoms in total. The van der Waals surface area contributed by atoms with Crippen molar-refractivity contribution in [2.75, 3.05) is 10.2 Å². The van der Waals surface area contributed by atoms with Gasteiger partial charge in [-0.25, -0.2) is 19.7 Å². The minimum Gasteiger partial charge on any atom is -0.506 e. The first-order valence-electron chi connectivity index (χ1n) is 9.19. The highest BCUT2D eigenvalue weighted by Crippen LogP contribution is 2.43. The Kier molecular flexibility index (Phi) is 4.57. The number of thiophene rings is 1. The molecule has 4 aromatic rings. The summed E-state index contributed by atoms with van der Waals surface area (Å²) in [6.45, 7) is 0. The van der Waals surface area contributed by atoms with Crippen LogP contribution in [0.15, 0.2) is 77.2 Å². The highest BCUT2D eigenvalue weighted by molar-refractivity contribution is 7.11. The quantitative estimate of drug-likeness (QED) is 0.357. The van der Waals surface area contributed by atoms with Crippen molar-refractivity contribution in [3.63, 3.8) is 0 Å². The Balaban J connectivity index is 1.63. The number of aliphatic hydroxyl groups excluding tert-OH is 1. The predicted molar refractivity (Wildman–Crippen MR) is 116 cm³/mol. The third kappa shape index (κ3) is 3.26. The summed E-state index contributed by atoms with van der Waals surface area (Å²) < 4.78 is 5.46. The van der Waals surface area contributed by atoms with Crippen molar-refractivity contribution >= 4 is 46.0 Å². The number of carbonyl (C=O) groups is 2. The lowest BCUT2D eigenvalue weighted by Crippen LogP contribution is -2.37. The number of nitrogens with one attached hydrogen (secondary N) is 1. The fraction of sp³-hybridized carbons (Fsp3) is 0. The lowest BCUT2D eigenvalue weighted by Gasteiger charge is -2.16. The van der Waals surface area contributed by atoms with Crippen LogP contribution in [-0.4, -0.2) is 27.0 Å². The van der Waals surface area contributed by atoms with Crippen LogP contribution in [0.25, 0.3) is 22.7 Å². The van der Waals surface area contributed by atoms with Crippen molar-refractivity contribution in [2.45, 2.75) is 0 Å². The standard InChI is InChI=1S/C22H14N4O4S/c27-20(18-4-2-8-31-18)19-15-9-13(17-3-1-7-30-17)5-6-16(15)26(21(19)28)22(29)25-14-10-23-12-24-11-14/h1-12,27H,(H,25,29). The maximum Gasteiger partial charge on any atom is 0.333 e. The van der Waals surface area contributed by atoms with Crippen molar-refractivity contribution < 1.29 is 19.1 Å². The average Bonchev–Trinajstić information content (AvgIpc) is 3.53. The van der Waals surface area contributed by atoms with Crippen LogP contribution >= 0.6 is 11.3 Å². The molecule has 0 fully saturated rings. The second kappa shape index (κ2) is 7.54. The number of rotatable bonds is 3. The van der Waals surface area contributed by atoms with E-state index in [9.17, 15) is 14.7 Å². The molecule has 0 spiro atoms. The number of imide groups is 1. The van der Waals surface area contributed by atoms with Crippen molar-refractivity contribution in [3.05, 3.63) is 83.3 Å². The molecule has 0 unspecified atom stereocenters. The SMILES string of the molecule is O=C(Nc1cncnc1)N1C(=O)C(=C(O)c2cccs2)c2cc(-c3ccco3)ccc21. The first kappa shape index (κ1) is 18.8. The average molecular weight is 430 g/mol. The van der Waals surface area contributed by atoms with Gasteiger partial charge in [0.1, 0.15) is 17.8 Å². The van der Waals surface area contributed by atoms with E-state index in [2.05, 4.69) is 15.3 Å². The molecule has 3 aromatic heterocycles. The van der Waals surface area contributed by atoms with E-state index in [1.54, 1.807) is 54.1 Å². The van der Waals surface area contributed by atoms with Gasteiger partial charge in [0.25, 0.3) is 5.91 Å². The molecule has 0 atom stereocenters. The first-order chi connectivity index (χ1) is 15.1. The van der Waals surface area contributed by atoms with E-state index in [4.69, 9.17) is 4.42 Å². The van der Waals surface area contributed by atoms with Gasteiger partial charge in [0.05, 0.1) is 40.5 Å². The molecule has 0 saturated carbocycles. The minimum atomic E-state index is -0.680. The Morgan fingerprint density at radius 2 is 1.97 bits per heavy atom. The van der Waals surface area contributed by atoms with E-state index in [-0.39, 0.29) is 11.3 Å². The molecule has 31 heavy (non-hydrogen) atoms. The Hall–Kier alpha value is -4.24. The third-order valence-electron chi connectivity index (χ3n) is 4.74. The highest BCUT2D eigenvalue weighted by Gasteiger charge is 2.39. The van der Waals surface area contributed by atoms with Crippen molar-refractivity contribution in [2.24, 2.45) is 0 Å². The van der Waals surface area contributed by atoms with Crippen LogP contribution in [-0.2, 0) is 4.79 Å². The topological polar surface area (TPSA) is 109 Å². The van der Waals surface area contributed by atoms with Gasteiger partial charge in [0.2, 0.25) is 0 Å². The Morgan fingerprint density at radius 3 is 2.68 bits per heavy atom. The molecular weight excluding hydrogens is 416 g/mol. The maximum atomic E-state index is 13.3. The molecule has 1 aliphatic heterocycles. The molecule has 9 heteroatoms.